The maximum absolute atomic E-state index is 8.48. The van der Waals surface area contributed by atoms with E-state index in [0.717, 1.165) is 0 Å². The van der Waals surface area contributed by atoms with Gasteiger partial charge in [0.15, 0.2) is 0 Å². The van der Waals surface area contributed by atoms with E-state index in [1.807, 2.05) is 0 Å². The summed E-state index contributed by atoms with van der Waals surface area (Å²) in [6, 6.07) is 0. The van der Waals surface area contributed by atoms with Crippen LogP contribution in [0.3, 0.4) is 0 Å². The van der Waals surface area contributed by atoms with Gasteiger partial charge in [-0.2, -0.15) is 9.90 Å². The van der Waals surface area contributed by atoms with E-state index in [4.69, 9.17) is 29.4 Å². The summed E-state index contributed by atoms with van der Waals surface area (Å²) >= 11 is 0. The molecule has 3 N–H and O–H groups in total. The van der Waals surface area contributed by atoms with Gasteiger partial charge in [0.2, 0.25) is 0 Å². The fraction of sp³-hybridized carbons (Fsp3) is 0. The molecular weight excluding hydrogens is 216 g/mol. The van der Waals surface area contributed by atoms with Gasteiger partial charge >= 0.3 is 26.0 Å². The summed E-state index contributed by atoms with van der Waals surface area (Å²) in [4.78, 5) is 47.1. The molecule has 1 unspecified atom stereocenters. The van der Waals surface area contributed by atoms with Crippen molar-refractivity contribution in [2.24, 2.45) is 0 Å². The van der Waals surface area contributed by atoms with E-state index < -0.39 is 17.2 Å². The summed E-state index contributed by atoms with van der Waals surface area (Å²) in [6.07, 6.45) is 0. The fourth-order valence-corrected chi connectivity index (χ4v) is 0. The van der Waals surface area contributed by atoms with E-state index in [9.17, 15) is 0 Å². The van der Waals surface area contributed by atoms with E-state index in [1.165, 1.54) is 0 Å². The van der Waals surface area contributed by atoms with E-state index in [1.54, 1.807) is 0 Å². The minimum atomic E-state index is -3.37. The van der Waals surface area contributed by atoms with Gasteiger partial charge in [0.25, 0.3) is 0 Å². The van der Waals surface area contributed by atoms with Crippen LogP contribution < -0.4 is 14.7 Å². The molecule has 0 aromatic rings. The fourth-order valence-electron chi connectivity index (χ4n) is 0. The van der Waals surface area contributed by atoms with Gasteiger partial charge in [-0.15, -0.1) is 0 Å². The Morgan fingerprint density at radius 2 is 0.900 bits per heavy atom. The number of hydrogen-bond donors (Lipinski definition) is 3. The molecule has 0 bridgehead atoms. The maximum atomic E-state index is 8.48. The topological polar surface area (TPSA) is 130 Å². The van der Waals surface area contributed by atoms with Gasteiger partial charge in [-0.25, -0.2) is 0 Å². The van der Waals surface area contributed by atoms with Gasteiger partial charge < -0.3 is 38.0 Å². The molecule has 0 rings (SSSR count). The molecule has 10 heteroatoms. The van der Waals surface area contributed by atoms with Crippen molar-refractivity contribution in [2.45, 2.75) is 0 Å². The standard InChI is InChI=1S/Al.H3O3P.O3P.H3P/c;2*1-4(2)3;/h;1-3H;;1H3/q+3;;-3;. The molecule has 0 saturated carbocycles. The predicted octanol–water partition coefficient (Wildman–Crippen LogP) is -3.84. The first-order valence-electron chi connectivity index (χ1n) is 1.15. The second-order valence-corrected chi connectivity index (χ2v) is 1.48. The van der Waals surface area contributed by atoms with Crippen LogP contribution >= 0.6 is 27.1 Å². The van der Waals surface area contributed by atoms with Crippen molar-refractivity contribution in [3.8, 4) is 0 Å². The SMILES string of the molecule is OP(O)O.P.[Al+3].[O-]P([O-])[O-]. The molecule has 0 heterocycles. The Balaban J connectivity index is -0.0000000300. The van der Waals surface area contributed by atoms with Crippen LogP contribution in [-0.4, -0.2) is 32.0 Å². The molecule has 0 aromatic heterocycles. The van der Waals surface area contributed by atoms with Crippen molar-refractivity contribution in [1.82, 2.24) is 0 Å². The van der Waals surface area contributed by atoms with Crippen molar-refractivity contribution in [2.75, 3.05) is 0 Å². The summed E-state index contributed by atoms with van der Waals surface area (Å²) in [5.74, 6) is 0. The molecule has 0 aliphatic carbocycles. The number of hydrogen-bond acceptors (Lipinski definition) is 6. The third kappa shape index (κ3) is 282. The summed E-state index contributed by atoms with van der Waals surface area (Å²) in [6.45, 7) is 0. The van der Waals surface area contributed by atoms with Crippen molar-refractivity contribution in [3.05, 3.63) is 0 Å². The van der Waals surface area contributed by atoms with E-state index in [-0.39, 0.29) is 27.3 Å². The third-order valence-electron chi connectivity index (χ3n) is 0. The van der Waals surface area contributed by atoms with Crippen LogP contribution in [-0.2, 0) is 0 Å². The summed E-state index contributed by atoms with van der Waals surface area (Å²) < 4.78 is 0. The molecule has 6 nitrogen and oxygen atoms in total. The molecule has 0 aromatic carbocycles. The smallest absolute Gasteiger partial charge is 0.854 e. The van der Waals surface area contributed by atoms with Crippen LogP contribution in [0.2, 0.25) is 0 Å². The Labute approximate surface area is 74.3 Å². The molecular formula is H6AlO6P3. The average molecular weight is 222 g/mol. The first kappa shape index (κ1) is 22.6. The zero-order valence-electron chi connectivity index (χ0n) is 4.75. The molecule has 0 saturated heterocycles. The number of rotatable bonds is 0. The van der Waals surface area contributed by atoms with E-state index >= 15 is 0 Å². The van der Waals surface area contributed by atoms with Crippen LogP contribution in [0.25, 0.3) is 0 Å². The third-order valence-corrected chi connectivity index (χ3v) is 0. The largest absolute Gasteiger partial charge is 3.00 e. The minimum Gasteiger partial charge on any atom is -0.854 e. The minimum absolute atomic E-state index is 0. The molecule has 0 aliphatic heterocycles. The Bertz CT molecular complexity index is 28.5. The van der Waals surface area contributed by atoms with E-state index in [0.29, 0.717) is 0 Å². The maximum Gasteiger partial charge on any atom is 3.00 e. The van der Waals surface area contributed by atoms with Crippen molar-refractivity contribution in [1.29, 1.82) is 0 Å². The second kappa shape index (κ2) is 16.9. The Morgan fingerprint density at radius 3 is 0.900 bits per heavy atom. The zero-order chi connectivity index (χ0) is 7.15. The molecule has 10 heavy (non-hydrogen) atoms. The van der Waals surface area contributed by atoms with Crippen molar-refractivity contribution < 1.29 is 29.4 Å². The Kier molecular flexibility index (Phi) is 38.1. The van der Waals surface area contributed by atoms with Crippen molar-refractivity contribution in [3.63, 3.8) is 0 Å². The first-order valence-corrected chi connectivity index (χ1v) is 3.44. The Morgan fingerprint density at radius 1 is 0.900 bits per heavy atom. The van der Waals surface area contributed by atoms with Gasteiger partial charge in [-0.1, -0.05) is 0 Å². The van der Waals surface area contributed by atoms with Gasteiger partial charge in [0.05, 0.1) is 0 Å². The molecule has 0 amide bonds. The zero-order valence-corrected chi connectivity index (χ0v) is 9.10. The van der Waals surface area contributed by atoms with Crippen LogP contribution in [0.4, 0.5) is 0 Å². The normalized spacial score (nSPS) is 7.20. The molecule has 0 radical (unpaired) electrons. The van der Waals surface area contributed by atoms with E-state index in [2.05, 4.69) is 0 Å². The molecule has 0 spiro atoms. The van der Waals surface area contributed by atoms with Crippen LogP contribution in [0.15, 0.2) is 0 Å². The van der Waals surface area contributed by atoms with Gasteiger partial charge in [-0.3, -0.25) is 0 Å². The van der Waals surface area contributed by atoms with Gasteiger partial charge in [0, 0.05) is 0 Å². The van der Waals surface area contributed by atoms with Gasteiger partial charge in [0.1, 0.15) is 0 Å². The molecule has 60 valence electrons. The second-order valence-electron chi connectivity index (χ2n) is 0.492. The molecule has 0 aliphatic rings. The molecule has 0 fully saturated rings. The Hall–Kier alpha value is 1.58. The predicted molar refractivity (Wildman–Crippen MR) is 37.4 cm³/mol. The summed E-state index contributed by atoms with van der Waals surface area (Å²) in [5, 5.41) is 0. The first-order chi connectivity index (χ1) is 3.46. The van der Waals surface area contributed by atoms with Gasteiger partial charge in [-0.05, 0) is 0 Å². The summed E-state index contributed by atoms with van der Waals surface area (Å²) in [5.41, 5.74) is 0. The van der Waals surface area contributed by atoms with Crippen molar-refractivity contribution >= 4 is 44.5 Å². The van der Waals surface area contributed by atoms with Crippen LogP contribution in [0.1, 0.15) is 0 Å². The van der Waals surface area contributed by atoms with Crippen LogP contribution in [0.5, 0.6) is 0 Å². The van der Waals surface area contributed by atoms with Crippen LogP contribution in [0, 0.1) is 0 Å². The quantitative estimate of drug-likeness (QED) is 0.284. The molecule has 1 atom stereocenters. The monoisotopic (exact) mass is 222 g/mol. The summed E-state index contributed by atoms with van der Waals surface area (Å²) in [7, 11) is -5.99. The average Bonchev–Trinajstić information content (AvgIpc) is 1.25.